The Hall–Kier alpha value is -2.24. The van der Waals surface area contributed by atoms with Gasteiger partial charge in [0.05, 0.1) is 5.56 Å². The Morgan fingerprint density at radius 3 is 2.79 bits per heavy atom. The van der Waals surface area contributed by atoms with Gasteiger partial charge in [0.15, 0.2) is 0 Å². The Morgan fingerprint density at radius 2 is 2.08 bits per heavy atom. The molecule has 126 valence electrons. The van der Waals surface area contributed by atoms with Gasteiger partial charge in [0.1, 0.15) is 5.69 Å². The summed E-state index contributed by atoms with van der Waals surface area (Å²) in [5, 5.41) is 6.50. The van der Waals surface area contributed by atoms with Crippen LogP contribution in [0, 0.1) is 11.8 Å². The van der Waals surface area contributed by atoms with E-state index in [0.29, 0.717) is 5.92 Å². The van der Waals surface area contributed by atoms with Gasteiger partial charge in [0.25, 0.3) is 12.3 Å². The molecule has 0 bridgehead atoms. The van der Waals surface area contributed by atoms with Crippen molar-refractivity contribution in [2.45, 2.75) is 31.6 Å². The highest BCUT2D eigenvalue weighted by Crippen LogP contribution is 2.60. The van der Waals surface area contributed by atoms with E-state index in [1.54, 1.807) is 0 Å². The van der Waals surface area contributed by atoms with Crippen LogP contribution in [0.4, 0.5) is 14.5 Å². The lowest BCUT2D eigenvalue weighted by atomic mass is 10.0. The minimum absolute atomic E-state index is 0.0724. The summed E-state index contributed by atoms with van der Waals surface area (Å²) in [6.45, 7) is 0. The summed E-state index contributed by atoms with van der Waals surface area (Å²) in [6, 6.07) is 7.68. The van der Waals surface area contributed by atoms with E-state index in [4.69, 9.17) is 0 Å². The normalized spacial score (nSPS) is 22.7. The highest BCUT2D eigenvalue weighted by Gasteiger charge is 2.48. The first-order valence-corrected chi connectivity index (χ1v) is 8.26. The minimum atomic E-state index is -2.77. The van der Waals surface area contributed by atoms with Crippen LogP contribution < -0.4 is 5.32 Å². The fourth-order valence-electron chi connectivity index (χ4n) is 3.58. The Labute approximate surface area is 138 Å². The molecule has 0 spiro atoms. The van der Waals surface area contributed by atoms with E-state index in [2.05, 4.69) is 10.4 Å². The maximum absolute atomic E-state index is 13.0. The fraction of sp³-hybridized carbons (Fsp3) is 0.444. The van der Waals surface area contributed by atoms with Crippen LogP contribution in [-0.4, -0.2) is 15.7 Å². The highest BCUT2D eigenvalue weighted by molar-refractivity contribution is 6.05. The lowest BCUT2D eigenvalue weighted by molar-refractivity contribution is 0.101. The number of amides is 1. The molecule has 4 rings (SSSR count). The first-order chi connectivity index (χ1) is 11.5. The van der Waals surface area contributed by atoms with Crippen LogP contribution in [0.3, 0.4) is 0 Å². The molecule has 2 fully saturated rings. The van der Waals surface area contributed by atoms with Crippen LogP contribution in [0.5, 0.6) is 0 Å². The van der Waals surface area contributed by atoms with E-state index in [1.807, 2.05) is 24.3 Å². The number of anilines is 1. The Morgan fingerprint density at radius 1 is 1.33 bits per heavy atom. The van der Waals surface area contributed by atoms with Crippen LogP contribution in [0.2, 0.25) is 0 Å². The molecule has 2 aliphatic rings. The van der Waals surface area contributed by atoms with Crippen molar-refractivity contribution >= 4 is 11.6 Å². The molecule has 4 nitrogen and oxygen atoms in total. The zero-order valence-electron chi connectivity index (χ0n) is 13.4. The number of rotatable bonds is 5. The molecular weight excluding hydrogens is 312 g/mol. The Kier molecular flexibility index (Phi) is 3.62. The zero-order valence-corrected chi connectivity index (χ0v) is 13.4. The smallest absolute Gasteiger partial charge is 0.282 e. The number of nitrogens with one attached hydrogen (secondary N) is 1. The average Bonchev–Trinajstić information content (AvgIpc) is 3.44. The monoisotopic (exact) mass is 331 g/mol. The summed E-state index contributed by atoms with van der Waals surface area (Å²) in [6.07, 6.45) is 2.34. The van der Waals surface area contributed by atoms with Crippen LogP contribution >= 0.6 is 0 Å². The largest absolute Gasteiger partial charge is 0.322 e. The lowest BCUT2D eigenvalue weighted by Gasteiger charge is -2.11. The van der Waals surface area contributed by atoms with Crippen molar-refractivity contribution in [3.8, 4) is 0 Å². The molecule has 2 aliphatic carbocycles. The maximum atomic E-state index is 13.0. The molecule has 0 aliphatic heterocycles. The number of hydrogen-bond acceptors (Lipinski definition) is 2. The Bertz CT molecular complexity index is 782. The predicted octanol–water partition coefficient (Wildman–Crippen LogP) is 4.12. The van der Waals surface area contributed by atoms with Crippen LogP contribution in [0.25, 0.3) is 0 Å². The van der Waals surface area contributed by atoms with E-state index in [9.17, 15) is 13.6 Å². The molecule has 1 aromatic heterocycles. The number of aromatic nitrogens is 2. The van der Waals surface area contributed by atoms with Gasteiger partial charge in [0, 0.05) is 18.9 Å². The summed E-state index contributed by atoms with van der Waals surface area (Å²) >= 11 is 0. The molecule has 1 heterocycles. The van der Waals surface area contributed by atoms with E-state index < -0.39 is 18.0 Å². The molecule has 24 heavy (non-hydrogen) atoms. The molecule has 0 radical (unpaired) electrons. The van der Waals surface area contributed by atoms with Crippen LogP contribution in [0.1, 0.15) is 53.2 Å². The first-order valence-electron chi connectivity index (χ1n) is 8.26. The minimum Gasteiger partial charge on any atom is -0.322 e. The third-order valence-corrected chi connectivity index (χ3v) is 4.98. The summed E-state index contributed by atoms with van der Waals surface area (Å²) in [7, 11) is 1.53. The summed E-state index contributed by atoms with van der Waals surface area (Å²) in [5.41, 5.74) is 1.29. The fourth-order valence-corrected chi connectivity index (χ4v) is 3.58. The van der Waals surface area contributed by atoms with Gasteiger partial charge in [-0.15, -0.1) is 0 Å². The molecule has 0 saturated heterocycles. The highest BCUT2D eigenvalue weighted by atomic mass is 19.3. The quantitative estimate of drug-likeness (QED) is 0.896. The topological polar surface area (TPSA) is 46.9 Å². The number of benzene rings is 1. The standard InChI is InChI=1S/C18H19F2N3O/c1-23-9-14(16(22-23)17(19)20)18(24)21-15-5-3-2-4-11(15)13-8-12(13)10-6-7-10/h2-5,9-10,12-13,17H,6-8H2,1H3,(H,21,24). The van der Waals surface area contributed by atoms with Gasteiger partial charge in [0.2, 0.25) is 0 Å². The third-order valence-electron chi connectivity index (χ3n) is 4.98. The van der Waals surface area contributed by atoms with Gasteiger partial charge < -0.3 is 5.32 Å². The molecule has 1 N–H and O–H groups in total. The SMILES string of the molecule is Cn1cc(C(=O)Nc2ccccc2C2CC2C2CC2)c(C(F)F)n1. The molecule has 1 aromatic carbocycles. The number of alkyl halides is 2. The van der Waals surface area contributed by atoms with Gasteiger partial charge >= 0.3 is 0 Å². The maximum Gasteiger partial charge on any atom is 0.282 e. The van der Waals surface area contributed by atoms with Crippen molar-refractivity contribution in [1.82, 2.24) is 9.78 Å². The second-order valence-electron chi connectivity index (χ2n) is 6.79. The zero-order chi connectivity index (χ0) is 16.8. The van der Waals surface area contributed by atoms with Crippen LogP contribution in [-0.2, 0) is 7.05 Å². The summed E-state index contributed by atoms with van der Waals surface area (Å²) in [4.78, 5) is 12.5. The van der Waals surface area contributed by atoms with Crippen molar-refractivity contribution in [3.05, 3.63) is 47.3 Å². The molecule has 6 heteroatoms. The number of nitrogens with zero attached hydrogens (tertiary/aromatic N) is 2. The number of carbonyl (C=O) groups excluding carboxylic acids is 1. The second kappa shape index (κ2) is 5.69. The molecule has 2 saturated carbocycles. The molecule has 1 amide bonds. The van der Waals surface area contributed by atoms with Crippen molar-refractivity contribution in [3.63, 3.8) is 0 Å². The second-order valence-corrected chi connectivity index (χ2v) is 6.79. The lowest BCUT2D eigenvalue weighted by Crippen LogP contribution is -2.14. The van der Waals surface area contributed by atoms with Crippen molar-refractivity contribution < 1.29 is 13.6 Å². The number of aryl methyl sites for hydroxylation is 1. The summed E-state index contributed by atoms with van der Waals surface area (Å²) in [5.74, 6) is 1.51. The van der Waals surface area contributed by atoms with Crippen molar-refractivity contribution in [2.24, 2.45) is 18.9 Å². The number of para-hydroxylation sites is 1. The number of hydrogen-bond donors (Lipinski definition) is 1. The van der Waals surface area contributed by atoms with Gasteiger partial charge in [-0.1, -0.05) is 18.2 Å². The van der Waals surface area contributed by atoms with Crippen LogP contribution in [0.15, 0.2) is 30.5 Å². The van der Waals surface area contributed by atoms with E-state index >= 15 is 0 Å². The van der Waals surface area contributed by atoms with Gasteiger partial charge in [-0.25, -0.2) is 8.78 Å². The third kappa shape index (κ3) is 2.81. The average molecular weight is 331 g/mol. The predicted molar refractivity (Wildman–Crippen MR) is 86.1 cm³/mol. The van der Waals surface area contributed by atoms with Gasteiger partial charge in [-0.2, -0.15) is 5.10 Å². The number of halogens is 2. The molecular formula is C18H19F2N3O. The van der Waals surface area contributed by atoms with Gasteiger partial charge in [-0.05, 0) is 48.6 Å². The number of carbonyl (C=O) groups is 1. The van der Waals surface area contributed by atoms with E-state index in [-0.39, 0.29) is 5.56 Å². The Balaban J connectivity index is 1.56. The molecule has 2 atom stereocenters. The van der Waals surface area contributed by atoms with E-state index in [1.165, 1.54) is 30.8 Å². The van der Waals surface area contributed by atoms with Crippen molar-refractivity contribution in [2.75, 3.05) is 5.32 Å². The first kappa shape index (κ1) is 15.3. The summed E-state index contributed by atoms with van der Waals surface area (Å²) < 4.78 is 27.3. The van der Waals surface area contributed by atoms with Gasteiger partial charge in [-0.3, -0.25) is 9.48 Å². The molecule has 2 aromatic rings. The molecule has 2 unspecified atom stereocenters. The van der Waals surface area contributed by atoms with E-state index in [0.717, 1.165) is 29.5 Å². The van der Waals surface area contributed by atoms with Crippen molar-refractivity contribution in [1.29, 1.82) is 0 Å².